The number of Topliss-reactive ketones (excluding diaryl/α,β-unsaturated/α-hetero) is 1. The molecule has 3 aromatic rings. The molecule has 0 aromatic heterocycles. The summed E-state index contributed by atoms with van der Waals surface area (Å²) in [6, 6.07) is 21.4. The third kappa shape index (κ3) is 3.75. The van der Waals surface area contributed by atoms with Gasteiger partial charge in [0.1, 0.15) is 0 Å². The number of para-hydroxylation sites is 1. The van der Waals surface area contributed by atoms with Gasteiger partial charge < -0.3 is 4.74 Å². The lowest BCUT2D eigenvalue weighted by molar-refractivity contribution is 0.0277. The Morgan fingerprint density at radius 3 is 2.06 bits per heavy atom. The van der Waals surface area contributed by atoms with Crippen molar-refractivity contribution < 1.29 is 23.9 Å². The van der Waals surface area contributed by atoms with Crippen LogP contribution in [0, 0.1) is 0 Å². The molecular formula is C25H19NO5. The highest BCUT2D eigenvalue weighted by Gasteiger charge is 2.37. The summed E-state index contributed by atoms with van der Waals surface area (Å²) in [6.45, 7) is 1.75. The number of amides is 2. The number of esters is 1. The second-order valence-electron chi connectivity index (χ2n) is 7.07. The van der Waals surface area contributed by atoms with Crippen molar-refractivity contribution in [3.05, 3.63) is 101 Å². The van der Waals surface area contributed by atoms with E-state index in [2.05, 4.69) is 0 Å². The van der Waals surface area contributed by atoms with Crippen LogP contribution < -0.4 is 4.90 Å². The maximum absolute atomic E-state index is 12.9. The molecule has 0 aliphatic carbocycles. The van der Waals surface area contributed by atoms with Crippen molar-refractivity contribution in [3.8, 4) is 0 Å². The standard InChI is InChI=1S/C25H19NO5/c1-2-21(22(27)16-9-5-3-6-10-16)31-25(30)17-13-14-19-20(15-17)24(29)26(23(19)28)18-11-7-4-8-12-18/h3-15,21H,2H2,1H3. The molecule has 1 unspecified atom stereocenters. The van der Waals surface area contributed by atoms with Crippen LogP contribution >= 0.6 is 0 Å². The van der Waals surface area contributed by atoms with Gasteiger partial charge in [0.15, 0.2) is 6.10 Å². The second-order valence-corrected chi connectivity index (χ2v) is 7.07. The molecule has 1 aliphatic heterocycles. The van der Waals surface area contributed by atoms with E-state index in [1.165, 1.54) is 18.2 Å². The number of anilines is 1. The molecule has 31 heavy (non-hydrogen) atoms. The van der Waals surface area contributed by atoms with E-state index >= 15 is 0 Å². The average Bonchev–Trinajstić information content (AvgIpc) is 3.07. The lowest BCUT2D eigenvalue weighted by atomic mass is 10.0. The SMILES string of the molecule is CCC(OC(=O)c1ccc2c(c1)C(=O)N(c1ccccc1)C2=O)C(=O)c1ccccc1. The van der Waals surface area contributed by atoms with Crippen LogP contribution in [0.5, 0.6) is 0 Å². The van der Waals surface area contributed by atoms with Crippen molar-refractivity contribution in [1.29, 1.82) is 0 Å². The quantitative estimate of drug-likeness (QED) is 0.342. The summed E-state index contributed by atoms with van der Waals surface area (Å²) >= 11 is 0. The molecule has 4 rings (SSSR count). The van der Waals surface area contributed by atoms with Crippen LogP contribution in [0.1, 0.15) is 54.8 Å². The molecular weight excluding hydrogens is 394 g/mol. The zero-order chi connectivity index (χ0) is 22.0. The van der Waals surface area contributed by atoms with Gasteiger partial charge in [0.05, 0.1) is 22.4 Å². The van der Waals surface area contributed by atoms with E-state index in [-0.39, 0.29) is 22.5 Å². The van der Waals surface area contributed by atoms with E-state index in [1.807, 2.05) is 0 Å². The number of fused-ring (bicyclic) bond motifs is 1. The minimum atomic E-state index is -0.943. The number of nitrogens with zero attached hydrogens (tertiary/aromatic N) is 1. The van der Waals surface area contributed by atoms with Gasteiger partial charge in [-0.05, 0) is 36.8 Å². The third-order valence-electron chi connectivity index (χ3n) is 5.11. The number of hydrogen-bond donors (Lipinski definition) is 0. The third-order valence-corrected chi connectivity index (χ3v) is 5.11. The molecule has 3 aromatic carbocycles. The molecule has 0 fully saturated rings. The molecule has 0 bridgehead atoms. The maximum atomic E-state index is 12.9. The van der Waals surface area contributed by atoms with E-state index in [0.717, 1.165) is 4.90 Å². The topological polar surface area (TPSA) is 80.8 Å². The Labute approximate surface area is 179 Å². The predicted octanol–water partition coefficient (Wildman–Crippen LogP) is 4.31. The Morgan fingerprint density at radius 1 is 0.806 bits per heavy atom. The molecule has 0 radical (unpaired) electrons. The highest BCUT2D eigenvalue weighted by atomic mass is 16.5. The molecule has 0 spiro atoms. The van der Waals surface area contributed by atoms with Crippen LogP contribution in [0.2, 0.25) is 0 Å². The molecule has 6 heteroatoms. The van der Waals surface area contributed by atoms with Crippen LogP contribution in [0.15, 0.2) is 78.9 Å². The molecule has 1 atom stereocenters. The largest absolute Gasteiger partial charge is 0.450 e. The smallest absolute Gasteiger partial charge is 0.338 e. The van der Waals surface area contributed by atoms with Gasteiger partial charge >= 0.3 is 5.97 Å². The van der Waals surface area contributed by atoms with E-state index in [1.54, 1.807) is 67.6 Å². The van der Waals surface area contributed by atoms with Gasteiger partial charge in [0.25, 0.3) is 11.8 Å². The predicted molar refractivity (Wildman–Crippen MR) is 114 cm³/mol. The Balaban J connectivity index is 1.57. The second kappa shape index (κ2) is 8.36. The Morgan fingerprint density at radius 2 is 1.42 bits per heavy atom. The van der Waals surface area contributed by atoms with Crippen molar-refractivity contribution in [2.24, 2.45) is 0 Å². The van der Waals surface area contributed by atoms with Crippen molar-refractivity contribution in [3.63, 3.8) is 0 Å². The lowest BCUT2D eigenvalue weighted by Crippen LogP contribution is -2.29. The number of ketones is 1. The zero-order valence-corrected chi connectivity index (χ0v) is 16.8. The Bertz CT molecular complexity index is 1170. The number of rotatable bonds is 6. The van der Waals surface area contributed by atoms with Crippen LogP contribution in [0.25, 0.3) is 0 Å². The average molecular weight is 413 g/mol. The van der Waals surface area contributed by atoms with Gasteiger partial charge in [-0.25, -0.2) is 9.69 Å². The fourth-order valence-electron chi connectivity index (χ4n) is 3.49. The Kier molecular flexibility index (Phi) is 5.45. The molecule has 6 nitrogen and oxygen atoms in total. The highest BCUT2D eigenvalue weighted by molar-refractivity contribution is 6.34. The summed E-state index contributed by atoms with van der Waals surface area (Å²) < 4.78 is 5.44. The zero-order valence-electron chi connectivity index (χ0n) is 16.8. The molecule has 1 heterocycles. The van der Waals surface area contributed by atoms with Crippen molar-refractivity contribution in [2.75, 3.05) is 4.90 Å². The van der Waals surface area contributed by atoms with Gasteiger partial charge in [0, 0.05) is 5.56 Å². The lowest BCUT2D eigenvalue weighted by Gasteiger charge is -2.15. The van der Waals surface area contributed by atoms with Crippen LogP contribution in [-0.2, 0) is 4.74 Å². The fourth-order valence-corrected chi connectivity index (χ4v) is 3.49. The molecule has 1 aliphatic rings. The van der Waals surface area contributed by atoms with E-state index in [0.29, 0.717) is 17.7 Å². The summed E-state index contributed by atoms with van der Waals surface area (Å²) in [5.74, 6) is -1.97. The summed E-state index contributed by atoms with van der Waals surface area (Å²) in [4.78, 5) is 52.0. The number of benzene rings is 3. The molecule has 0 saturated carbocycles. The highest BCUT2D eigenvalue weighted by Crippen LogP contribution is 2.29. The van der Waals surface area contributed by atoms with Gasteiger partial charge in [0.2, 0.25) is 5.78 Å². The van der Waals surface area contributed by atoms with Crippen LogP contribution in [0.3, 0.4) is 0 Å². The number of ether oxygens (including phenoxy) is 1. The van der Waals surface area contributed by atoms with Gasteiger partial charge in [-0.2, -0.15) is 0 Å². The first-order valence-corrected chi connectivity index (χ1v) is 9.89. The van der Waals surface area contributed by atoms with Gasteiger partial charge in [-0.3, -0.25) is 14.4 Å². The maximum Gasteiger partial charge on any atom is 0.338 e. The summed E-state index contributed by atoms with van der Waals surface area (Å²) in [7, 11) is 0. The van der Waals surface area contributed by atoms with Gasteiger partial charge in [-0.1, -0.05) is 55.5 Å². The number of hydrogen-bond acceptors (Lipinski definition) is 5. The first-order chi connectivity index (χ1) is 15.0. The number of carbonyl (C=O) groups excluding carboxylic acids is 4. The van der Waals surface area contributed by atoms with Gasteiger partial charge in [-0.15, -0.1) is 0 Å². The summed E-state index contributed by atoms with van der Waals surface area (Å²) in [5, 5.41) is 0. The molecule has 0 saturated heterocycles. The Hall–Kier alpha value is -4.06. The van der Waals surface area contributed by atoms with Crippen LogP contribution in [-0.4, -0.2) is 29.7 Å². The summed E-state index contributed by atoms with van der Waals surface area (Å²) in [6.07, 6.45) is -0.634. The van der Waals surface area contributed by atoms with Crippen LogP contribution in [0.4, 0.5) is 5.69 Å². The van der Waals surface area contributed by atoms with Crippen molar-refractivity contribution >= 4 is 29.3 Å². The number of imide groups is 1. The summed E-state index contributed by atoms with van der Waals surface area (Å²) in [5.41, 5.74) is 1.37. The minimum absolute atomic E-state index is 0.106. The number of carbonyl (C=O) groups is 4. The molecule has 154 valence electrons. The van der Waals surface area contributed by atoms with Crippen molar-refractivity contribution in [1.82, 2.24) is 0 Å². The molecule has 2 amide bonds. The first kappa shape index (κ1) is 20.2. The normalized spacial score (nSPS) is 13.6. The van der Waals surface area contributed by atoms with E-state index in [9.17, 15) is 19.2 Å². The van der Waals surface area contributed by atoms with Crippen molar-refractivity contribution in [2.45, 2.75) is 19.4 Å². The fraction of sp³-hybridized carbons (Fsp3) is 0.120. The monoisotopic (exact) mass is 413 g/mol. The van der Waals surface area contributed by atoms with E-state index < -0.39 is 23.9 Å². The minimum Gasteiger partial charge on any atom is -0.450 e. The first-order valence-electron chi connectivity index (χ1n) is 9.89. The van der Waals surface area contributed by atoms with E-state index in [4.69, 9.17) is 4.74 Å². The molecule has 0 N–H and O–H groups in total.